The summed E-state index contributed by atoms with van der Waals surface area (Å²) >= 11 is 0. The van der Waals surface area contributed by atoms with E-state index in [4.69, 9.17) is 4.74 Å². The highest BCUT2D eigenvalue weighted by Gasteiger charge is 2.22. The van der Waals surface area contributed by atoms with Gasteiger partial charge in [0.05, 0.1) is 6.61 Å². The minimum atomic E-state index is -0.474. The molecular formula is C15H20FNO2. The van der Waals surface area contributed by atoms with E-state index >= 15 is 0 Å². The molecule has 0 bridgehead atoms. The second-order valence-electron chi connectivity index (χ2n) is 5.08. The van der Waals surface area contributed by atoms with Crippen LogP contribution in [0.2, 0.25) is 0 Å². The molecule has 1 atom stereocenters. The van der Waals surface area contributed by atoms with Gasteiger partial charge in [-0.15, -0.1) is 0 Å². The van der Waals surface area contributed by atoms with Crippen LogP contribution >= 0.6 is 0 Å². The number of halogens is 1. The molecule has 3 nitrogen and oxygen atoms in total. The van der Waals surface area contributed by atoms with Crippen molar-refractivity contribution in [1.82, 2.24) is 4.90 Å². The van der Waals surface area contributed by atoms with Crippen LogP contribution in [0.3, 0.4) is 0 Å². The van der Waals surface area contributed by atoms with Gasteiger partial charge in [0, 0.05) is 18.7 Å². The molecule has 19 heavy (non-hydrogen) atoms. The molecule has 1 aromatic carbocycles. The Labute approximate surface area is 113 Å². The van der Waals surface area contributed by atoms with Crippen LogP contribution in [-0.2, 0) is 0 Å². The summed E-state index contributed by atoms with van der Waals surface area (Å²) in [5, 5.41) is 0. The fourth-order valence-corrected chi connectivity index (χ4v) is 2.46. The van der Waals surface area contributed by atoms with Gasteiger partial charge >= 0.3 is 0 Å². The summed E-state index contributed by atoms with van der Waals surface area (Å²) in [6.45, 7) is 5.87. The summed E-state index contributed by atoms with van der Waals surface area (Å²) in [6.07, 6.45) is 2.17. The van der Waals surface area contributed by atoms with Gasteiger partial charge in [0.25, 0.3) is 5.91 Å². The third-order valence-electron chi connectivity index (χ3n) is 3.42. The molecule has 104 valence electrons. The van der Waals surface area contributed by atoms with Crippen molar-refractivity contribution in [3.8, 4) is 5.75 Å². The van der Waals surface area contributed by atoms with E-state index < -0.39 is 5.82 Å². The first-order chi connectivity index (χ1) is 9.11. The Morgan fingerprint density at radius 1 is 1.53 bits per heavy atom. The van der Waals surface area contributed by atoms with Crippen molar-refractivity contribution in [1.29, 1.82) is 0 Å². The van der Waals surface area contributed by atoms with Gasteiger partial charge in [-0.1, -0.05) is 6.92 Å². The summed E-state index contributed by atoms with van der Waals surface area (Å²) in [5.41, 5.74) is 0.398. The van der Waals surface area contributed by atoms with Crippen LogP contribution < -0.4 is 4.74 Å². The topological polar surface area (TPSA) is 29.5 Å². The molecule has 0 N–H and O–H groups in total. The van der Waals surface area contributed by atoms with Crippen molar-refractivity contribution in [3.05, 3.63) is 29.6 Å². The molecule has 2 rings (SSSR count). The van der Waals surface area contributed by atoms with Gasteiger partial charge in [-0.05, 0) is 43.9 Å². The highest BCUT2D eigenvalue weighted by atomic mass is 19.1. The Kier molecular flexibility index (Phi) is 4.40. The molecule has 1 aliphatic rings. The zero-order valence-electron chi connectivity index (χ0n) is 11.5. The van der Waals surface area contributed by atoms with E-state index in [0.29, 0.717) is 18.1 Å². The maximum absolute atomic E-state index is 13.7. The van der Waals surface area contributed by atoms with Crippen LogP contribution in [0, 0.1) is 11.7 Å². The average molecular weight is 265 g/mol. The van der Waals surface area contributed by atoms with Gasteiger partial charge in [-0.25, -0.2) is 4.39 Å². The summed E-state index contributed by atoms with van der Waals surface area (Å²) in [5.74, 6) is 0.155. The molecule has 1 amide bonds. The molecule has 1 saturated heterocycles. The Balaban J connectivity index is 2.12. The van der Waals surface area contributed by atoms with Gasteiger partial charge in [-0.3, -0.25) is 4.79 Å². The van der Waals surface area contributed by atoms with Crippen LogP contribution in [0.5, 0.6) is 5.75 Å². The fourth-order valence-electron chi connectivity index (χ4n) is 2.46. The lowest BCUT2D eigenvalue weighted by atomic mass is 9.99. The van der Waals surface area contributed by atoms with E-state index in [9.17, 15) is 9.18 Å². The van der Waals surface area contributed by atoms with Crippen molar-refractivity contribution >= 4 is 5.91 Å². The second kappa shape index (κ2) is 6.04. The number of piperidine rings is 1. The number of rotatable bonds is 3. The maximum atomic E-state index is 13.7. The minimum absolute atomic E-state index is 0.0894. The average Bonchev–Trinajstić information content (AvgIpc) is 2.40. The van der Waals surface area contributed by atoms with Crippen LogP contribution in [-0.4, -0.2) is 30.5 Å². The third-order valence-corrected chi connectivity index (χ3v) is 3.42. The number of likely N-dealkylation sites (tertiary alicyclic amines) is 1. The van der Waals surface area contributed by atoms with E-state index in [1.165, 1.54) is 12.1 Å². The van der Waals surface area contributed by atoms with Gasteiger partial charge in [0.15, 0.2) is 11.6 Å². The molecule has 0 aromatic heterocycles. The van der Waals surface area contributed by atoms with E-state index in [2.05, 4.69) is 6.92 Å². The zero-order valence-corrected chi connectivity index (χ0v) is 11.5. The first-order valence-electron chi connectivity index (χ1n) is 6.83. The SMILES string of the molecule is CCOc1ccc(C(=O)N2CCCC(C)C2)cc1F. The summed E-state index contributed by atoms with van der Waals surface area (Å²) in [7, 11) is 0. The molecule has 1 aliphatic heterocycles. The van der Waals surface area contributed by atoms with Crippen molar-refractivity contribution in [2.75, 3.05) is 19.7 Å². The number of carbonyl (C=O) groups is 1. The largest absolute Gasteiger partial charge is 0.491 e. The minimum Gasteiger partial charge on any atom is -0.491 e. The van der Waals surface area contributed by atoms with Crippen molar-refractivity contribution in [2.24, 2.45) is 5.92 Å². The van der Waals surface area contributed by atoms with Crippen LogP contribution in [0.25, 0.3) is 0 Å². The van der Waals surface area contributed by atoms with Crippen molar-refractivity contribution < 1.29 is 13.9 Å². The summed E-state index contributed by atoms with van der Waals surface area (Å²) in [6, 6.07) is 4.43. The van der Waals surface area contributed by atoms with Gasteiger partial charge < -0.3 is 9.64 Å². The number of benzene rings is 1. The lowest BCUT2D eigenvalue weighted by molar-refractivity contribution is 0.0682. The second-order valence-corrected chi connectivity index (χ2v) is 5.08. The molecule has 0 aliphatic carbocycles. The Morgan fingerprint density at radius 3 is 2.95 bits per heavy atom. The number of carbonyl (C=O) groups excluding carboxylic acids is 1. The van der Waals surface area contributed by atoms with E-state index in [1.54, 1.807) is 13.0 Å². The number of ether oxygens (including phenoxy) is 1. The quantitative estimate of drug-likeness (QED) is 0.840. The monoisotopic (exact) mass is 265 g/mol. The summed E-state index contributed by atoms with van der Waals surface area (Å²) in [4.78, 5) is 14.1. The molecule has 4 heteroatoms. The van der Waals surface area contributed by atoms with Crippen LogP contribution in [0.4, 0.5) is 4.39 Å². The van der Waals surface area contributed by atoms with E-state index in [1.807, 2.05) is 4.90 Å². The first-order valence-corrected chi connectivity index (χ1v) is 6.83. The smallest absolute Gasteiger partial charge is 0.253 e. The first kappa shape index (κ1) is 13.8. The molecular weight excluding hydrogens is 245 g/mol. The van der Waals surface area contributed by atoms with Crippen LogP contribution in [0.1, 0.15) is 37.0 Å². The van der Waals surface area contributed by atoms with Crippen molar-refractivity contribution in [3.63, 3.8) is 0 Å². The molecule has 0 saturated carbocycles. The van der Waals surface area contributed by atoms with Gasteiger partial charge in [0.2, 0.25) is 0 Å². The fraction of sp³-hybridized carbons (Fsp3) is 0.533. The van der Waals surface area contributed by atoms with Crippen molar-refractivity contribution in [2.45, 2.75) is 26.7 Å². The summed E-state index contributed by atoms with van der Waals surface area (Å²) < 4.78 is 18.9. The predicted octanol–water partition coefficient (Wildman–Crippen LogP) is 3.10. The van der Waals surface area contributed by atoms with Gasteiger partial charge in [0.1, 0.15) is 0 Å². The molecule has 1 unspecified atom stereocenters. The highest BCUT2D eigenvalue weighted by Crippen LogP contribution is 2.22. The lowest BCUT2D eigenvalue weighted by Crippen LogP contribution is -2.39. The molecule has 1 fully saturated rings. The van der Waals surface area contributed by atoms with Gasteiger partial charge in [-0.2, -0.15) is 0 Å². The third kappa shape index (κ3) is 3.25. The van der Waals surface area contributed by atoms with Crippen LogP contribution in [0.15, 0.2) is 18.2 Å². The maximum Gasteiger partial charge on any atom is 0.253 e. The Morgan fingerprint density at radius 2 is 2.32 bits per heavy atom. The zero-order chi connectivity index (χ0) is 13.8. The predicted molar refractivity (Wildman–Crippen MR) is 71.9 cm³/mol. The standard InChI is InChI=1S/C15H20FNO2/c1-3-19-14-7-6-12(9-13(14)16)15(18)17-8-4-5-11(2)10-17/h6-7,9,11H,3-5,8,10H2,1-2H3. The molecule has 1 heterocycles. The molecule has 1 aromatic rings. The number of hydrogen-bond acceptors (Lipinski definition) is 2. The van der Waals surface area contributed by atoms with E-state index in [-0.39, 0.29) is 11.7 Å². The number of hydrogen-bond donors (Lipinski definition) is 0. The molecule has 0 spiro atoms. The number of nitrogens with zero attached hydrogens (tertiary/aromatic N) is 1. The normalized spacial score (nSPS) is 19.3. The Bertz CT molecular complexity index is 461. The highest BCUT2D eigenvalue weighted by molar-refractivity contribution is 5.94. The Hall–Kier alpha value is -1.58. The molecule has 0 radical (unpaired) electrons. The lowest BCUT2D eigenvalue weighted by Gasteiger charge is -2.31. The van der Waals surface area contributed by atoms with E-state index in [0.717, 1.165) is 25.9 Å². The number of amides is 1.